The Balaban J connectivity index is 1.86. The van der Waals surface area contributed by atoms with Gasteiger partial charge < -0.3 is 9.47 Å². The molecule has 0 bridgehead atoms. The summed E-state index contributed by atoms with van der Waals surface area (Å²) in [6.07, 6.45) is 9.03. The molecule has 0 saturated carbocycles. The van der Waals surface area contributed by atoms with E-state index >= 15 is 0 Å². The van der Waals surface area contributed by atoms with Crippen LogP contribution in [0.2, 0.25) is 0 Å². The first-order valence-electron chi connectivity index (χ1n) is 6.44. The average Bonchev–Trinajstić information content (AvgIpc) is 3.07. The molecule has 5 nitrogen and oxygen atoms in total. The molecule has 1 amide bonds. The fourth-order valence-corrected chi connectivity index (χ4v) is 2.60. The summed E-state index contributed by atoms with van der Waals surface area (Å²) in [6, 6.07) is 4.07. The van der Waals surface area contributed by atoms with Crippen LogP contribution in [0.5, 0.6) is 0 Å². The van der Waals surface area contributed by atoms with Crippen LogP contribution >= 0.6 is 0 Å². The minimum Gasteiger partial charge on any atom is -0.340 e. The maximum atomic E-state index is 12.5. The smallest absolute Gasteiger partial charge is 0.274 e. The molecule has 1 unspecified atom stereocenters. The zero-order valence-corrected chi connectivity index (χ0v) is 10.9. The monoisotopic (exact) mass is 256 g/mol. The van der Waals surface area contributed by atoms with Crippen molar-refractivity contribution in [1.82, 2.24) is 19.4 Å². The zero-order chi connectivity index (χ0) is 13.2. The first-order chi connectivity index (χ1) is 9.25. The number of carbonyl (C=O) groups excluding carboxylic acids is 1. The van der Waals surface area contributed by atoms with Gasteiger partial charge in [-0.25, -0.2) is 4.98 Å². The van der Waals surface area contributed by atoms with Crippen LogP contribution in [-0.2, 0) is 7.05 Å². The number of aromatic nitrogens is 3. The minimum atomic E-state index is 0.00644. The van der Waals surface area contributed by atoms with Crippen molar-refractivity contribution in [2.24, 2.45) is 7.05 Å². The molecule has 0 N–H and O–H groups in total. The molecule has 1 aliphatic heterocycles. The van der Waals surface area contributed by atoms with E-state index < -0.39 is 0 Å². The number of likely N-dealkylation sites (tertiary alicyclic amines) is 1. The summed E-state index contributed by atoms with van der Waals surface area (Å²) >= 11 is 0. The summed E-state index contributed by atoms with van der Waals surface area (Å²) in [6.45, 7) is 0.787. The fourth-order valence-electron chi connectivity index (χ4n) is 2.60. The first kappa shape index (κ1) is 11.9. The van der Waals surface area contributed by atoms with Crippen molar-refractivity contribution >= 4 is 5.91 Å². The number of aryl methyl sites for hydroxylation is 1. The molecule has 1 atom stereocenters. The highest BCUT2D eigenvalue weighted by molar-refractivity contribution is 5.92. The molecule has 0 spiro atoms. The third-order valence-corrected chi connectivity index (χ3v) is 3.51. The van der Waals surface area contributed by atoms with Gasteiger partial charge in [0.1, 0.15) is 5.69 Å². The van der Waals surface area contributed by atoms with Crippen molar-refractivity contribution in [3.8, 4) is 0 Å². The molecule has 2 aromatic rings. The lowest BCUT2D eigenvalue weighted by molar-refractivity contribution is 0.0730. The van der Waals surface area contributed by atoms with E-state index in [9.17, 15) is 4.79 Å². The van der Waals surface area contributed by atoms with Crippen LogP contribution in [0.25, 0.3) is 0 Å². The van der Waals surface area contributed by atoms with Crippen molar-refractivity contribution in [3.05, 3.63) is 48.3 Å². The van der Waals surface area contributed by atoms with Gasteiger partial charge in [-0.15, -0.1) is 0 Å². The number of carbonyl (C=O) groups is 1. The van der Waals surface area contributed by atoms with Gasteiger partial charge in [-0.05, 0) is 24.5 Å². The lowest BCUT2D eigenvalue weighted by Gasteiger charge is -2.24. The van der Waals surface area contributed by atoms with Gasteiger partial charge in [-0.1, -0.05) is 6.07 Å². The predicted octanol–water partition coefficient (Wildman–Crippen LogP) is 1.79. The Labute approximate surface area is 111 Å². The highest BCUT2D eigenvalue weighted by Gasteiger charge is 2.31. The van der Waals surface area contributed by atoms with E-state index in [0.29, 0.717) is 5.69 Å². The largest absolute Gasteiger partial charge is 0.340 e. The molecule has 19 heavy (non-hydrogen) atoms. The highest BCUT2D eigenvalue weighted by Crippen LogP contribution is 2.32. The summed E-state index contributed by atoms with van der Waals surface area (Å²) in [4.78, 5) is 22.7. The maximum Gasteiger partial charge on any atom is 0.274 e. The normalized spacial score (nSPS) is 18.8. The Morgan fingerprint density at radius 3 is 3.05 bits per heavy atom. The number of pyridine rings is 1. The SMILES string of the molecule is Cn1cnc(C(=O)N2CCCC2c2cccnc2)c1. The molecular weight excluding hydrogens is 240 g/mol. The molecule has 1 fully saturated rings. The van der Waals surface area contributed by atoms with Gasteiger partial charge in [0, 0.05) is 32.2 Å². The summed E-state index contributed by atoms with van der Waals surface area (Å²) in [7, 11) is 1.87. The Hall–Kier alpha value is -2.17. The number of imidazole rings is 1. The number of hydrogen-bond donors (Lipinski definition) is 0. The van der Waals surface area contributed by atoms with E-state index in [1.165, 1.54) is 0 Å². The second kappa shape index (κ2) is 4.84. The molecule has 3 heterocycles. The van der Waals surface area contributed by atoms with Gasteiger partial charge in [-0.3, -0.25) is 9.78 Å². The van der Waals surface area contributed by atoms with Gasteiger partial charge in [0.05, 0.1) is 12.4 Å². The summed E-state index contributed by atoms with van der Waals surface area (Å²) < 4.78 is 1.79. The fraction of sp³-hybridized carbons (Fsp3) is 0.357. The van der Waals surface area contributed by atoms with Crippen molar-refractivity contribution < 1.29 is 4.79 Å². The van der Waals surface area contributed by atoms with Gasteiger partial charge >= 0.3 is 0 Å². The predicted molar refractivity (Wildman–Crippen MR) is 70.5 cm³/mol. The summed E-state index contributed by atoms with van der Waals surface area (Å²) in [5.74, 6) is 0.00644. The third kappa shape index (κ3) is 2.23. The number of nitrogens with zero attached hydrogens (tertiary/aromatic N) is 4. The van der Waals surface area contributed by atoms with Crippen molar-refractivity contribution in [2.75, 3.05) is 6.54 Å². The number of rotatable bonds is 2. The molecule has 98 valence electrons. The third-order valence-electron chi connectivity index (χ3n) is 3.51. The van der Waals surface area contributed by atoms with Crippen LogP contribution in [0.1, 0.15) is 34.9 Å². The van der Waals surface area contributed by atoms with Crippen LogP contribution in [0.4, 0.5) is 0 Å². The van der Waals surface area contributed by atoms with Gasteiger partial charge in [0.2, 0.25) is 0 Å². The maximum absolute atomic E-state index is 12.5. The molecule has 0 aliphatic carbocycles. The van der Waals surface area contributed by atoms with E-state index in [1.807, 2.05) is 30.3 Å². The average molecular weight is 256 g/mol. The van der Waals surface area contributed by atoms with Crippen molar-refractivity contribution in [3.63, 3.8) is 0 Å². The Morgan fingerprint density at radius 2 is 2.37 bits per heavy atom. The van der Waals surface area contributed by atoms with Crippen LogP contribution in [0.15, 0.2) is 37.1 Å². The van der Waals surface area contributed by atoms with E-state index in [1.54, 1.807) is 23.3 Å². The van der Waals surface area contributed by atoms with Crippen molar-refractivity contribution in [1.29, 1.82) is 0 Å². The topological polar surface area (TPSA) is 51.0 Å². The van der Waals surface area contributed by atoms with E-state index in [-0.39, 0.29) is 11.9 Å². The van der Waals surface area contributed by atoms with E-state index in [4.69, 9.17) is 0 Å². The van der Waals surface area contributed by atoms with Crippen LogP contribution < -0.4 is 0 Å². The minimum absolute atomic E-state index is 0.00644. The van der Waals surface area contributed by atoms with Crippen molar-refractivity contribution in [2.45, 2.75) is 18.9 Å². The van der Waals surface area contributed by atoms with E-state index in [2.05, 4.69) is 9.97 Å². The Morgan fingerprint density at radius 1 is 1.47 bits per heavy atom. The Bertz CT molecular complexity index is 578. The van der Waals surface area contributed by atoms with Gasteiger partial charge in [0.25, 0.3) is 5.91 Å². The van der Waals surface area contributed by atoms with Crippen LogP contribution in [-0.4, -0.2) is 31.9 Å². The van der Waals surface area contributed by atoms with Gasteiger partial charge in [-0.2, -0.15) is 0 Å². The molecule has 2 aromatic heterocycles. The lowest BCUT2D eigenvalue weighted by atomic mass is 10.1. The first-order valence-corrected chi connectivity index (χ1v) is 6.44. The molecule has 0 aromatic carbocycles. The summed E-state index contributed by atoms with van der Waals surface area (Å²) in [5.41, 5.74) is 1.61. The zero-order valence-electron chi connectivity index (χ0n) is 10.9. The molecule has 0 radical (unpaired) electrons. The standard InChI is InChI=1S/C14H16N4O/c1-17-9-12(16-10-17)14(19)18-7-3-5-13(18)11-4-2-6-15-8-11/h2,4,6,8-10,13H,3,5,7H2,1H3. The van der Waals surface area contributed by atoms with Crippen LogP contribution in [0, 0.1) is 0 Å². The second-order valence-corrected chi connectivity index (χ2v) is 4.87. The quantitative estimate of drug-likeness (QED) is 0.823. The molecular formula is C14H16N4O. The highest BCUT2D eigenvalue weighted by atomic mass is 16.2. The summed E-state index contributed by atoms with van der Waals surface area (Å²) in [5, 5.41) is 0. The molecule has 1 saturated heterocycles. The Kier molecular flexibility index (Phi) is 3.03. The molecule has 5 heteroatoms. The second-order valence-electron chi connectivity index (χ2n) is 4.87. The molecule has 3 rings (SSSR count). The lowest BCUT2D eigenvalue weighted by Crippen LogP contribution is -2.30. The van der Waals surface area contributed by atoms with E-state index in [0.717, 1.165) is 24.9 Å². The number of amides is 1. The number of hydrogen-bond acceptors (Lipinski definition) is 3. The van der Waals surface area contributed by atoms with Gasteiger partial charge in [0.15, 0.2) is 0 Å². The van der Waals surface area contributed by atoms with Crippen LogP contribution in [0.3, 0.4) is 0 Å². The molecule has 1 aliphatic rings.